The van der Waals surface area contributed by atoms with Crippen LogP contribution in [0.4, 0.5) is 0 Å². The second kappa shape index (κ2) is 6.21. The van der Waals surface area contributed by atoms with E-state index in [4.69, 9.17) is 9.47 Å². The molecule has 4 heteroatoms. The number of hydrogen-bond donors (Lipinski definition) is 0. The maximum Gasteiger partial charge on any atom is 0.161 e. The van der Waals surface area contributed by atoms with Crippen molar-refractivity contribution in [2.45, 2.75) is 6.54 Å². The molecule has 1 aromatic heterocycles. The molecule has 0 atom stereocenters. The van der Waals surface area contributed by atoms with Crippen molar-refractivity contribution in [1.82, 2.24) is 9.47 Å². The second-order valence-electron chi connectivity index (χ2n) is 6.44. The Kier molecular flexibility index (Phi) is 3.90. The van der Waals surface area contributed by atoms with E-state index in [0.717, 1.165) is 30.2 Å². The van der Waals surface area contributed by atoms with Crippen LogP contribution in [0.5, 0.6) is 11.5 Å². The van der Waals surface area contributed by atoms with Gasteiger partial charge in [-0.2, -0.15) is 0 Å². The average molecular weight is 322 g/mol. The van der Waals surface area contributed by atoms with E-state index in [1.165, 1.54) is 16.5 Å². The molecule has 0 bridgehead atoms. The van der Waals surface area contributed by atoms with E-state index in [1.807, 2.05) is 6.07 Å². The van der Waals surface area contributed by atoms with Crippen molar-refractivity contribution in [3.8, 4) is 22.6 Å². The van der Waals surface area contributed by atoms with E-state index >= 15 is 0 Å². The summed E-state index contributed by atoms with van der Waals surface area (Å²) in [6, 6.07) is 15.0. The summed E-state index contributed by atoms with van der Waals surface area (Å²) in [6.45, 7) is 3.25. The minimum absolute atomic E-state index is 0.614. The second-order valence-corrected chi connectivity index (χ2v) is 6.44. The maximum absolute atomic E-state index is 5.71. The average Bonchev–Trinajstić information content (AvgIpc) is 3.01. The quantitative estimate of drug-likeness (QED) is 0.734. The number of benzene rings is 2. The zero-order valence-corrected chi connectivity index (χ0v) is 14.2. The zero-order valence-electron chi connectivity index (χ0n) is 14.2. The first kappa shape index (κ1) is 15.1. The Balaban J connectivity index is 1.70. The molecule has 1 aliphatic heterocycles. The summed E-state index contributed by atoms with van der Waals surface area (Å²) in [5.74, 6) is 1.67. The summed E-state index contributed by atoms with van der Waals surface area (Å²) < 4.78 is 13.6. The van der Waals surface area contributed by atoms with E-state index in [1.54, 1.807) is 0 Å². The summed E-state index contributed by atoms with van der Waals surface area (Å²) >= 11 is 0. The molecule has 4 rings (SSSR count). The number of ether oxygens (including phenoxy) is 2. The van der Waals surface area contributed by atoms with Crippen LogP contribution in [0, 0.1) is 0 Å². The van der Waals surface area contributed by atoms with Gasteiger partial charge < -0.3 is 18.9 Å². The molecule has 0 saturated carbocycles. The van der Waals surface area contributed by atoms with Crippen LogP contribution in [0.25, 0.3) is 22.0 Å². The molecule has 0 spiro atoms. The minimum atomic E-state index is 0.614. The van der Waals surface area contributed by atoms with Crippen molar-refractivity contribution in [3.63, 3.8) is 0 Å². The Morgan fingerprint density at radius 3 is 2.50 bits per heavy atom. The molecule has 0 amide bonds. The Bertz CT molecular complexity index is 867. The van der Waals surface area contributed by atoms with Gasteiger partial charge in [-0.15, -0.1) is 0 Å². The first-order valence-electron chi connectivity index (χ1n) is 8.34. The molecule has 1 aliphatic rings. The van der Waals surface area contributed by atoms with Gasteiger partial charge in [-0.25, -0.2) is 0 Å². The SMILES string of the molecule is CN(C)CCn1ccc2ccc(-c3ccc4c(c3)OCCO4)cc21. The first-order valence-corrected chi connectivity index (χ1v) is 8.34. The molecular formula is C20H22N2O2. The fourth-order valence-corrected chi connectivity index (χ4v) is 3.09. The van der Waals surface area contributed by atoms with Gasteiger partial charge in [-0.05, 0) is 54.9 Å². The molecule has 0 saturated heterocycles. The summed E-state index contributed by atoms with van der Waals surface area (Å²) in [6.07, 6.45) is 2.17. The number of likely N-dealkylation sites (N-methyl/N-ethyl adjacent to an activating group) is 1. The predicted molar refractivity (Wildman–Crippen MR) is 96.9 cm³/mol. The van der Waals surface area contributed by atoms with E-state index < -0.39 is 0 Å². The fourth-order valence-electron chi connectivity index (χ4n) is 3.09. The number of nitrogens with zero attached hydrogens (tertiary/aromatic N) is 2. The maximum atomic E-state index is 5.71. The van der Waals surface area contributed by atoms with Gasteiger partial charge in [0.25, 0.3) is 0 Å². The van der Waals surface area contributed by atoms with Crippen LogP contribution in [0.3, 0.4) is 0 Å². The Labute approximate surface area is 142 Å². The normalized spacial score (nSPS) is 13.6. The van der Waals surface area contributed by atoms with Gasteiger partial charge in [0, 0.05) is 24.8 Å². The van der Waals surface area contributed by atoms with Crippen LogP contribution >= 0.6 is 0 Å². The van der Waals surface area contributed by atoms with Crippen LogP contribution in [0.15, 0.2) is 48.7 Å². The highest BCUT2D eigenvalue weighted by atomic mass is 16.6. The van der Waals surface area contributed by atoms with Gasteiger partial charge in [0.15, 0.2) is 11.5 Å². The van der Waals surface area contributed by atoms with Crippen LogP contribution < -0.4 is 9.47 Å². The number of fused-ring (bicyclic) bond motifs is 2. The van der Waals surface area contributed by atoms with E-state index in [2.05, 4.69) is 66.2 Å². The monoisotopic (exact) mass is 322 g/mol. The lowest BCUT2D eigenvalue weighted by atomic mass is 10.0. The standard InChI is InChI=1S/C20H22N2O2/c1-21(2)9-10-22-8-7-15-3-4-16(13-18(15)22)17-5-6-19-20(14-17)24-12-11-23-19/h3-8,13-14H,9-12H2,1-2H3. The van der Waals surface area contributed by atoms with Crippen molar-refractivity contribution >= 4 is 10.9 Å². The fraction of sp³-hybridized carbons (Fsp3) is 0.300. The minimum Gasteiger partial charge on any atom is -0.486 e. The third kappa shape index (κ3) is 2.85. The molecule has 0 aliphatic carbocycles. The van der Waals surface area contributed by atoms with Crippen molar-refractivity contribution in [2.75, 3.05) is 33.9 Å². The Morgan fingerprint density at radius 1 is 0.917 bits per heavy atom. The molecule has 3 aromatic rings. The Hall–Kier alpha value is -2.46. The lowest BCUT2D eigenvalue weighted by Crippen LogP contribution is -2.17. The lowest BCUT2D eigenvalue weighted by molar-refractivity contribution is 0.171. The summed E-state index contributed by atoms with van der Waals surface area (Å²) in [5, 5.41) is 1.27. The third-order valence-electron chi connectivity index (χ3n) is 4.44. The van der Waals surface area contributed by atoms with E-state index in [9.17, 15) is 0 Å². The summed E-state index contributed by atoms with van der Waals surface area (Å²) in [5.41, 5.74) is 3.62. The molecule has 4 nitrogen and oxygen atoms in total. The number of rotatable bonds is 4. The van der Waals surface area contributed by atoms with Crippen molar-refractivity contribution in [1.29, 1.82) is 0 Å². The molecule has 24 heavy (non-hydrogen) atoms. The number of hydrogen-bond acceptors (Lipinski definition) is 3. The van der Waals surface area contributed by atoms with Crippen LogP contribution in [-0.4, -0.2) is 43.3 Å². The van der Waals surface area contributed by atoms with Crippen molar-refractivity contribution in [3.05, 3.63) is 48.7 Å². The van der Waals surface area contributed by atoms with Crippen LogP contribution in [0.1, 0.15) is 0 Å². The van der Waals surface area contributed by atoms with Crippen molar-refractivity contribution in [2.24, 2.45) is 0 Å². The lowest BCUT2D eigenvalue weighted by Gasteiger charge is -2.19. The third-order valence-corrected chi connectivity index (χ3v) is 4.44. The van der Waals surface area contributed by atoms with E-state index in [0.29, 0.717) is 13.2 Å². The van der Waals surface area contributed by atoms with Gasteiger partial charge in [-0.3, -0.25) is 0 Å². The highest BCUT2D eigenvalue weighted by Gasteiger charge is 2.13. The Morgan fingerprint density at radius 2 is 1.67 bits per heavy atom. The van der Waals surface area contributed by atoms with Gasteiger partial charge in [0.2, 0.25) is 0 Å². The van der Waals surface area contributed by atoms with E-state index in [-0.39, 0.29) is 0 Å². The van der Waals surface area contributed by atoms with Gasteiger partial charge in [-0.1, -0.05) is 18.2 Å². The molecule has 0 fully saturated rings. The molecule has 124 valence electrons. The highest BCUT2D eigenvalue weighted by Crippen LogP contribution is 2.35. The first-order chi connectivity index (χ1) is 11.7. The smallest absolute Gasteiger partial charge is 0.161 e. The van der Waals surface area contributed by atoms with Crippen LogP contribution in [-0.2, 0) is 6.54 Å². The largest absolute Gasteiger partial charge is 0.486 e. The molecular weight excluding hydrogens is 300 g/mol. The van der Waals surface area contributed by atoms with Crippen molar-refractivity contribution < 1.29 is 9.47 Å². The van der Waals surface area contributed by atoms with Gasteiger partial charge >= 0.3 is 0 Å². The molecule has 0 radical (unpaired) electrons. The summed E-state index contributed by atoms with van der Waals surface area (Å²) in [7, 11) is 4.21. The van der Waals surface area contributed by atoms with Crippen LogP contribution in [0.2, 0.25) is 0 Å². The topological polar surface area (TPSA) is 26.6 Å². The predicted octanol–water partition coefficient (Wildman–Crippen LogP) is 3.64. The zero-order chi connectivity index (χ0) is 16.5. The molecule has 2 aromatic carbocycles. The van der Waals surface area contributed by atoms with Gasteiger partial charge in [0.1, 0.15) is 13.2 Å². The number of aromatic nitrogens is 1. The van der Waals surface area contributed by atoms with Gasteiger partial charge in [0.05, 0.1) is 0 Å². The summed E-state index contributed by atoms with van der Waals surface area (Å²) in [4.78, 5) is 2.20. The molecule has 0 N–H and O–H groups in total. The molecule has 0 unspecified atom stereocenters. The highest BCUT2D eigenvalue weighted by molar-refractivity contribution is 5.85. The molecule has 2 heterocycles.